The quantitative estimate of drug-likeness (QED) is 0.568. The van der Waals surface area contributed by atoms with Crippen LogP contribution >= 0.6 is 12.2 Å². The number of hydrogen-bond donors (Lipinski definition) is 2. The van der Waals surface area contributed by atoms with Crippen LogP contribution in [0.25, 0.3) is 0 Å². The summed E-state index contributed by atoms with van der Waals surface area (Å²) in [4.78, 5) is 0.119. The number of thiocarbonyl (C=S) groups is 1. The fraction of sp³-hybridized carbons (Fsp3) is 0.438. The number of methoxy groups -OCH3 is 1. The van der Waals surface area contributed by atoms with Gasteiger partial charge in [-0.3, -0.25) is 0 Å². The summed E-state index contributed by atoms with van der Waals surface area (Å²) in [5, 5.41) is 6.25. The zero-order valence-corrected chi connectivity index (χ0v) is 16.0. The number of nitrogens with one attached hydrogen (secondary N) is 2. The summed E-state index contributed by atoms with van der Waals surface area (Å²) in [7, 11) is -2.20. The Kier molecular flexibility index (Phi) is 6.77. The molecule has 0 aromatic heterocycles. The lowest BCUT2D eigenvalue weighted by Gasteiger charge is -2.27. The van der Waals surface area contributed by atoms with Crippen molar-refractivity contribution in [1.82, 2.24) is 9.62 Å². The van der Waals surface area contributed by atoms with Gasteiger partial charge in [-0.25, -0.2) is 8.42 Å². The number of rotatable bonds is 6. The Balaban J connectivity index is 2.31. The molecule has 0 bridgehead atoms. The normalized spacial score (nSPS) is 15.4. The number of nitrogens with zero attached hydrogens (tertiary/aromatic N) is 1. The molecule has 1 saturated heterocycles. The molecule has 2 N–H and O–H groups in total. The van der Waals surface area contributed by atoms with E-state index in [1.54, 1.807) is 12.1 Å². The number of anilines is 1. The molecule has 0 unspecified atom stereocenters. The van der Waals surface area contributed by atoms with E-state index in [1.807, 2.05) is 6.92 Å². The highest BCUT2D eigenvalue weighted by molar-refractivity contribution is 7.89. The van der Waals surface area contributed by atoms with Crippen molar-refractivity contribution in [3.63, 3.8) is 0 Å². The minimum atomic E-state index is -3.70. The Labute approximate surface area is 154 Å². The first kappa shape index (κ1) is 19.6. The summed E-state index contributed by atoms with van der Waals surface area (Å²) >= 11 is 5.23. The van der Waals surface area contributed by atoms with Crippen LogP contribution in [0.4, 0.5) is 5.69 Å². The number of ether oxygens (including phenoxy) is 2. The molecule has 1 fully saturated rings. The van der Waals surface area contributed by atoms with Crippen molar-refractivity contribution < 1.29 is 17.9 Å². The Morgan fingerprint density at radius 2 is 2.08 bits per heavy atom. The van der Waals surface area contributed by atoms with Crippen molar-refractivity contribution >= 4 is 33.0 Å². The van der Waals surface area contributed by atoms with E-state index in [0.717, 1.165) is 5.57 Å². The molecule has 0 aliphatic carbocycles. The molecule has 9 heteroatoms. The van der Waals surface area contributed by atoms with Gasteiger partial charge < -0.3 is 20.1 Å². The molecule has 1 aromatic carbocycles. The van der Waals surface area contributed by atoms with E-state index in [1.165, 1.54) is 17.5 Å². The summed E-state index contributed by atoms with van der Waals surface area (Å²) in [5.41, 5.74) is 1.31. The van der Waals surface area contributed by atoms with Crippen molar-refractivity contribution in [2.75, 3.05) is 45.3 Å². The van der Waals surface area contributed by atoms with Gasteiger partial charge in [0.15, 0.2) is 5.11 Å². The van der Waals surface area contributed by atoms with E-state index in [-0.39, 0.29) is 4.90 Å². The van der Waals surface area contributed by atoms with Crippen LogP contribution in [0, 0.1) is 0 Å². The van der Waals surface area contributed by atoms with Gasteiger partial charge >= 0.3 is 0 Å². The maximum absolute atomic E-state index is 13.0. The zero-order valence-electron chi connectivity index (χ0n) is 14.4. The lowest BCUT2D eigenvalue weighted by Crippen LogP contribution is -2.41. The summed E-state index contributed by atoms with van der Waals surface area (Å²) in [6, 6.07) is 4.82. The van der Waals surface area contributed by atoms with Crippen LogP contribution in [0.1, 0.15) is 6.92 Å². The molecule has 1 aromatic rings. The topological polar surface area (TPSA) is 79.9 Å². The predicted molar refractivity (Wildman–Crippen MR) is 102 cm³/mol. The molecule has 0 atom stereocenters. The largest absolute Gasteiger partial charge is 0.497 e. The van der Waals surface area contributed by atoms with Crippen LogP contribution in [0.15, 0.2) is 35.2 Å². The molecule has 0 amide bonds. The van der Waals surface area contributed by atoms with Crippen LogP contribution in [-0.4, -0.2) is 57.8 Å². The van der Waals surface area contributed by atoms with Crippen LogP contribution in [0.2, 0.25) is 0 Å². The maximum Gasteiger partial charge on any atom is 0.245 e. The lowest BCUT2D eigenvalue weighted by molar-refractivity contribution is 0.0730. The molecule has 1 aliphatic rings. The SMILES string of the molecule is C=C(C)CNC(=S)Nc1ccc(OC)cc1S(=O)(=O)N1CCOCC1. The second-order valence-electron chi connectivity index (χ2n) is 5.64. The molecule has 25 heavy (non-hydrogen) atoms. The predicted octanol–water partition coefficient (Wildman–Crippen LogP) is 1.58. The Morgan fingerprint density at radius 1 is 1.40 bits per heavy atom. The molecule has 0 radical (unpaired) electrons. The highest BCUT2D eigenvalue weighted by Crippen LogP contribution is 2.29. The van der Waals surface area contributed by atoms with Crippen LogP contribution in [-0.2, 0) is 14.8 Å². The van der Waals surface area contributed by atoms with Gasteiger partial charge in [0.25, 0.3) is 0 Å². The molecule has 0 saturated carbocycles. The second-order valence-corrected chi connectivity index (χ2v) is 7.96. The fourth-order valence-corrected chi connectivity index (χ4v) is 4.02. The van der Waals surface area contributed by atoms with E-state index < -0.39 is 10.0 Å². The minimum absolute atomic E-state index is 0.119. The Hall–Kier alpha value is -1.68. The second kappa shape index (κ2) is 8.61. The number of morpholine rings is 1. The molecule has 7 nitrogen and oxygen atoms in total. The van der Waals surface area contributed by atoms with Crippen molar-refractivity contribution in [2.24, 2.45) is 0 Å². The fourth-order valence-electron chi connectivity index (χ4n) is 2.27. The van der Waals surface area contributed by atoms with Crippen LogP contribution < -0.4 is 15.4 Å². The molecular formula is C16H23N3O4S2. The van der Waals surface area contributed by atoms with Gasteiger partial charge in [-0.15, -0.1) is 0 Å². The van der Waals surface area contributed by atoms with E-state index in [4.69, 9.17) is 21.7 Å². The highest BCUT2D eigenvalue weighted by atomic mass is 32.2. The summed E-state index contributed by atoms with van der Waals surface area (Å²) in [6.45, 7) is 7.57. The van der Waals surface area contributed by atoms with Crippen LogP contribution in [0.5, 0.6) is 5.75 Å². The maximum atomic E-state index is 13.0. The first-order chi connectivity index (χ1) is 11.8. The molecule has 2 rings (SSSR count). The average molecular weight is 386 g/mol. The van der Waals surface area contributed by atoms with Gasteiger partial charge in [0.05, 0.1) is 26.0 Å². The number of hydrogen-bond acceptors (Lipinski definition) is 5. The third-order valence-electron chi connectivity index (χ3n) is 3.58. The summed E-state index contributed by atoms with van der Waals surface area (Å²) < 4.78 is 37.9. The molecular weight excluding hydrogens is 362 g/mol. The average Bonchev–Trinajstić information content (AvgIpc) is 2.61. The van der Waals surface area contributed by atoms with Crippen LogP contribution in [0.3, 0.4) is 0 Å². The summed E-state index contributed by atoms with van der Waals surface area (Å²) in [5.74, 6) is 0.457. The standard InChI is InChI=1S/C16H23N3O4S2/c1-12(2)11-17-16(24)18-14-5-4-13(22-3)10-15(14)25(20,21)19-6-8-23-9-7-19/h4-5,10H,1,6-9,11H2,2-3H3,(H2,17,18,24). The van der Waals surface area contributed by atoms with Gasteiger partial charge in [0.1, 0.15) is 10.6 Å². The van der Waals surface area contributed by atoms with Gasteiger partial charge in [-0.2, -0.15) is 4.31 Å². The minimum Gasteiger partial charge on any atom is -0.497 e. The van der Waals surface area contributed by atoms with Gasteiger partial charge in [-0.1, -0.05) is 12.2 Å². The highest BCUT2D eigenvalue weighted by Gasteiger charge is 2.29. The van der Waals surface area contributed by atoms with Crippen molar-refractivity contribution in [3.8, 4) is 5.75 Å². The van der Waals surface area contributed by atoms with E-state index in [0.29, 0.717) is 49.4 Å². The lowest BCUT2D eigenvalue weighted by atomic mass is 10.3. The van der Waals surface area contributed by atoms with Gasteiger partial charge in [0.2, 0.25) is 10.0 Å². The smallest absolute Gasteiger partial charge is 0.245 e. The van der Waals surface area contributed by atoms with Crippen molar-refractivity contribution in [3.05, 3.63) is 30.4 Å². The van der Waals surface area contributed by atoms with Gasteiger partial charge in [-0.05, 0) is 31.3 Å². The van der Waals surface area contributed by atoms with E-state index >= 15 is 0 Å². The first-order valence-electron chi connectivity index (χ1n) is 7.80. The third kappa shape index (κ3) is 5.15. The number of benzene rings is 1. The first-order valence-corrected chi connectivity index (χ1v) is 9.64. The van der Waals surface area contributed by atoms with Gasteiger partial charge in [0, 0.05) is 25.7 Å². The zero-order chi connectivity index (χ0) is 18.4. The van der Waals surface area contributed by atoms with E-state index in [9.17, 15) is 8.42 Å². The molecule has 0 spiro atoms. The van der Waals surface area contributed by atoms with E-state index in [2.05, 4.69) is 17.2 Å². The molecule has 1 heterocycles. The summed E-state index contributed by atoms with van der Waals surface area (Å²) in [6.07, 6.45) is 0. The Bertz CT molecular complexity index is 744. The molecule has 1 aliphatic heterocycles. The monoisotopic (exact) mass is 385 g/mol. The third-order valence-corrected chi connectivity index (χ3v) is 5.76. The Morgan fingerprint density at radius 3 is 2.68 bits per heavy atom. The number of sulfonamides is 1. The van der Waals surface area contributed by atoms with Crippen molar-refractivity contribution in [2.45, 2.75) is 11.8 Å². The van der Waals surface area contributed by atoms with Crippen molar-refractivity contribution in [1.29, 1.82) is 0 Å². The molecule has 138 valence electrons.